The van der Waals surface area contributed by atoms with Gasteiger partial charge < -0.3 is 4.57 Å². The maximum atomic E-state index is 8.10. The Morgan fingerprint density at radius 1 is 0.900 bits per heavy atom. The molecule has 0 saturated heterocycles. The first-order valence-electron chi connectivity index (χ1n) is 6.53. The van der Waals surface area contributed by atoms with Crippen molar-refractivity contribution in [3.05, 3.63) is 65.0 Å². The molecule has 0 spiro atoms. The number of nitrogens with one attached hydrogen (secondary N) is 1. The lowest BCUT2D eigenvalue weighted by atomic mass is 10.1. The van der Waals surface area contributed by atoms with E-state index in [-0.39, 0.29) is 0 Å². The minimum atomic E-state index is 0.569. The van der Waals surface area contributed by atoms with Crippen LogP contribution in [0.5, 0.6) is 0 Å². The summed E-state index contributed by atoms with van der Waals surface area (Å²) >= 11 is 1.52. The van der Waals surface area contributed by atoms with Crippen molar-refractivity contribution in [2.45, 2.75) is 6.92 Å². The quantitative estimate of drug-likeness (QED) is 0.728. The molecule has 0 aliphatic heterocycles. The standard InChI is InChI=1S/C17H16N2S/c1-12-8-10-13(11-9-12)15-16(20-17(18)19(15)2)14-6-4-3-5-7-14/h3-11,18H,1-2H3. The summed E-state index contributed by atoms with van der Waals surface area (Å²) in [7, 11) is 1.96. The molecule has 0 atom stereocenters. The van der Waals surface area contributed by atoms with Crippen LogP contribution < -0.4 is 4.80 Å². The Labute approximate surface area is 122 Å². The second-order valence-electron chi connectivity index (χ2n) is 4.88. The van der Waals surface area contributed by atoms with Crippen molar-refractivity contribution in [1.82, 2.24) is 4.57 Å². The minimum Gasteiger partial charge on any atom is -0.319 e. The maximum Gasteiger partial charge on any atom is 0.182 e. The first kappa shape index (κ1) is 12.9. The lowest BCUT2D eigenvalue weighted by molar-refractivity contribution is 0.867. The van der Waals surface area contributed by atoms with Gasteiger partial charge >= 0.3 is 0 Å². The zero-order valence-electron chi connectivity index (χ0n) is 11.6. The van der Waals surface area contributed by atoms with E-state index in [1.54, 1.807) is 0 Å². The smallest absolute Gasteiger partial charge is 0.182 e. The third kappa shape index (κ3) is 2.21. The maximum absolute atomic E-state index is 8.10. The van der Waals surface area contributed by atoms with Crippen LogP contribution in [0.25, 0.3) is 21.7 Å². The van der Waals surface area contributed by atoms with Gasteiger partial charge in [-0.3, -0.25) is 5.41 Å². The normalized spacial score (nSPS) is 10.7. The summed E-state index contributed by atoms with van der Waals surface area (Å²) in [6.07, 6.45) is 0. The number of nitrogens with zero attached hydrogens (tertiary/aromatic N) is 1. The van der Waals surface area contributed by atoms with Crippen LogP contribution in [0.15, 0.2) is 54.6 Å². The Morgan fingerprint density at radius 3 is 2.20 bits per heavy atom. The Bertz CT molecular complexity index is 780. The molecule has 0 aliphatic carbocycles. The number of hydrogen-bond donors (Lipinski definition) is 1. The van der Waals surface area contributed by atoms with E-state index < -0.39 is 0 Å². The molecule has 2 nitrogen and oxygen atoms in total. The first-order chi connectivity index (χ1) is 9.66. The van der Waals surface area contributed by atoms with Crippen molar-refractivity contribution < 1.29 is 0 Å². The van der Waals surface area contributed by atoms with Crippen LogP contribution in [0, 0.1) is 12.3 Å². The number of hydrogen-bond acceptors (Lipinski definition) is 2. The van der Waals surface area contributed by atoms with E-state index in [0.717, 1.165) is 16.1 Å². The van der Waals surface area contributed by atoms with Gasteiger partial charge in [0, 0.05) is 7.05 Å². The Hall–Kier alpha value is -2.13. The summed E-state index contributed by atoms with van der Waals surface area (Å²) in [6, 6.07) is 18.8. The molecule has 0 bridgehead atoms. The zero-order chi connectivity index (χ0) is 14.1. The van der Waals surface area contributed by atoms with E-state index in [2.05, 4.69) is 43.3 Å². The fraction of sp³-hybridized carbons (Fsp3) is 0.118. The molecular weight excluding hydrogens is 264 g/mol. The van der Waals surface area contributed by atoms with E-state index in [9.17, 15) is 0 Å². The topological polar surface area (TPSA) is 28.8 Å². The fourth-order valence-corrected chi connectivity index (χ4v) is 3.32. The van der Waals surface area contributed by atoms with Crippen molar-refractivity contribution in [3.63, 3.8) is 0 Å². The SMILES string of the molecule is Cc1ccc(-c2c(-c3ccccc3)sc(=N)n2C)cc1. The first-order valence-corrected chi connectivity index (χ1v) is 7.35. The highest BCUT2D eigenvalue weighted by Gasteiger charge is 2.14. The number of rotatable bonds is 2. The lowest BCUT2D eigenvalue weighted by Gasteiger charge is -2.07. The highest BCUT2D eigenvalue weighted by molar-refractivity contribution is 7.13. The molecule has 100 valence electrons. The number of aromatic nitrogens is 1. The summed E-state index contributed by atoms with van der Waals surface area (Å²) in [6.45, 7) is 2.09. The van der Waals surface area contributed by atoms with Gasteiger partial charge in [0.15, 0.2) is 4.80 Å². The summed E-state index contributed by atoms with van der Waals surface area (Å²) < 4.78 is 1.96. The Morgan fingerprint density at radius 2 is 1.55 bits per heavy atom. The summed E-state index contributed by atoms with van der Waals surface area (Å²) in [5, 5.41) is 8.10. The third-order valence-corrected chi connectivity index (χ3v) is 4.52. The summed E-state index contributed by atoms with van der Waals surface area (Å²) in [4.78, 5) is 1.72. The van der Waals surface area contributed by atoms with Crippen LogP contribution in [0.2, 0.25) is 0 Å². The molecule has 3 aromatic rings. The molecule has 0 fully saturated rings. The number of aryl methyl sites for hydroxylation is 1. The van der Waals surface area contributed by atoms with Gasteiger partial charge in [-0.2, -0.15) is 0 Å². The van der Waals surface area contributed by atoms with Gasteiger partial charge in [-0.25, -0.2) is 0 Å². The molecule has 3 rings (SSSR count). The van der Waals surface area contributed by atoms with E-state index in [1.165, 1.54) is 22.5 Å². The van der Waals surface area contributed by atoms with Gasteiger partial charge in [0.1, 0.15) is 0 Å². The average Bonchev–Trinajstić information content (AvgIpc) is 2.77. The number of benzene rings is 2. The lowest BCUT2D eigenvalue weighted by Crippen LogP contribution is -2.08. The largest absolute Gasteiger partial charge is 0.319 e. The average molecular weight is 280 g/mol. The van der Waals surface area contributed by atoms with Crippen LogP contribution in [0.1, 0.15) is 5.56 Å². The van der Waals surface area contributed by atoms with Crippen molar-refractivity contribution in [2.24, 2.45) is 7.05 Å². The second kappa shape index (κ2) is 5.10. The van der Waals surface area contributed by atoms with E-state index in [4.69, 9.17) is 5.41 Å². The molecule has 0 aliphatic rings. The molecule has 0 amide bonds. The van der Waals surface area contributed by atoms with Crippen LogP contribution in [0.3, 0.4) is 0 Å². The van der Waals surface area contributed by atoms with Crippen LogP contribution in [-0.4, -0.2) is 4.57 Å². The summed E-state index contributed by atoms with van der Waals surface area (Å²) in [5.41, 5.74) is 4.69. The molecular formula is C17H16N2S. The highest BCUT2D eigenvalue weighted by atomic mass is 32.1. The van der Waals surface area contributed by atoms with Crippen molar-refractivity contribution in [3.8, 4) is 21.7 Å². The van der Waals surface area contributed by atoms with Gasteiger partial charge in [0.2, 0.25) is 0 Å². The molecule has 1 heterocycles. The van der Waals surface area contributed by atoms with Crippen molar-refractivity contribution >= 4 is 11.3 Å². The van der Waals surface area contributed by atoms with Gasteiger partial charge in [-0.1, -0.05) is 71.5 Å². The Kier molecular flexibility index (Phi) is 3.28. The second-order valence-corrected chi connectivity index (χ2v) is 5.88. The summed E-state index contributed by atoms with van der Waals surface area (Å²) in [5.74, 6) is 0. The van der Waals surface area contributed by atoms with Crippen LogP contribution in [-0.2, 0) is 7.05 Å². The predicted molar refractivity (Wildman–Crippen MR) is 84.8 cm³/mol. The molecule has 2 aromatic carbocycles. The van der Waals surface area contributed by atoms with Crippen LogP contribution in [0.4, 0.5) is 0 Å². The third-order valence-electron chi connectivity index (χ3n) is 3.41. The highest BCUT2D eigenvalue weighted by Crippen LogP contribution is 2.33. The molecule has 0 radical (unpaired) electrons. The minimum absolute atomic E-state index is 0.569. The predicted octanol–water partition coefficient (Wildman–Crippen LogP) is 4.21. The molecule has 0 unspecified atom stereocenters. The van der Waals surface area contributed by atoms with Gasteiger partial charge in [-0.05, 0) is 18.1 Å². The molecule has 0 saturated carbocycles. The van der Waals surface area contributed by atoms with Crippen LogP contribution >= 0.6 is 11.3 Å². The van der Waals surface area contributed by atoms with Crippen molar-refractivity contribution in [1.29, 1.82) is 5.41 Å². The van der Waals surface area contributed by atoms with Gasteiger partial charge in [0.05, 0.1) is 10.6 Å². The molecule has 20 heavy (non-hydrogen) atoms. The van der Waals surface area contributed by atoms with Gasteiger partial charge in [0.25, 0.3) is 0 Å². The molecule has 3 heteroatoms. The Balaban J connectivity index is 2.25. The fourth-order valence-electron chi connectivity index (χ4n) is 2.29. The monoisotopic (exact) mass is 280 g/mol. The van der Waals surface area contributed by atoms with E-state index in [0.29, 0.717) is 4.80 Å². The number of thiazole rings is 1. The zero-order valence-corrected chi connectivity index (χ0v) is 12.4. The van der Waals surface area contributed by atoms with Crippen molar-refractivity contribution in [2.75, 3.05) is 0 Å². The van der Waals surface area contributed by atoms with E-state index in [1.807, 2.05) is 29.8 Å². The van der Waals surface area contributed by atoms with E-state index >= 15 is 0 Å². The molecule has 1 aromatic heterocycles. The molecule has 1 N–H and O–H groups in total. The van der Waals surface area contributed by atoms with Gasteiger partial charge in [-0.15, -0.1) is 0 Å².